The molecule has 0 heterocycles. The maximum Gasteiger partial charge on any atom is 0.317 e. The Morgan fingerprint density at radius 3 is 2.33 bits per heavy atom. The number of ether oxygens (including phenoxy) is 1. The number of hydrogen-bond acceptors (Lipinski definition) is 2. The van der Waals surface area contributed by atoms with Crippen LogP contribution in [0.1, 0.15) is 38.5 Å². The van der Waals surface area contributed by atoms with Gasteiger partial charge in [0, 0.05) is 10.6 Å². The van der Waals surface area contributed by atoms with E-state index in [1.807, 2.05) is 0 Å². The van der Waals surface area contributed by atoms with Gasteiger partial charge in [0.15, 0.2) is 6.73 Å². The molecule has 24 heavy (non-hydrogen) atoms. The molecule has 6 heteroatoms. The van der Waals surface area contributed by atoms with Crippen LogP contribution < -0.4 is 15.4 Å². The van der Waals surface area contributed by atoms with E-state index in [4.69, 9.17) is 27.9 Å². The summed E-state index contributed by atoms with van der Waals surface area (Å²) >= 11 is 11.9. The van der Waals surface area contributed by atoms with Crippen molar-refractivity contribution < 1.29 is 9.53 Å². The average Bonchev–Trinajstić information content (AvgIpc) is 2.47. The maximum atomic E-state index is 12.3. The van der Waals surface area contributed by atoms with E-state index in [0.717, 1.165) is 37.0 Å². The second kappa shape index (κ2) is 6.30. The molecule has 4 saturated carbocycles. The van der Waals surface area contributed by atoms with Crippen LogP contribution in [-0.2, 0) is 0 Å². The largest absolute Gasteiger partial charge is 0.472 e. The Labute approximate surface area is 152 Å². The van der Waals surface area contributed by atoms with Crippen molar-refractivity contribution in [3.8, 4) is 5.75 Å². The summed E-state index contributed by atoms with van der Waals surface area (Å²) in [5.74, 6) is 2.93. The zero-order chi connectivity index (χ0) is 16.7. The minimum Gasteiger partial charge on any atom is -0.472 e. The molecule has 1 aromatic rings. The van der Waals surface area contributed by atoms with Gasteiger partial charge in [-0.3, -0.25) is 0 Å². The fourth-order valence-electron chi connectivity index (χ4n) is 5.32. The highest BCUT2D eigenvalue weighted by Crippen LogP contribution is 2.55. The molecule has 4 bridgehead atoms. The summed E-state index contributed by atoms with van der Waals surface area (Å²) in [6.45, 7) is 0.0829. The SMILES string of the molecule is O=C(NCOc1ccc(Cl)cc1Cl)NC12CC3CC(CC(C3)C1)C2. The van der Waals surface area contributed by atoms with Gasteiger partial charge >= 0.3 is 6.03 Å². The third kappa shape index (κ3) is 3.31. The lowest BCUT2D eigenvalue weighted by atomic mass is 9.53. The van der Waals surface area contributed by atoms with E-state index in [0.29, 0.717) is 15.8 Å². The molecule has 0 atom stereocenters. The van der Waals surface area contributed by atoms with Gasteiger partial charge in [-0.25, -0.2) is 4.79 Å². The Balaban J connectivity index is 1.29. The summed E-state index contributed by atoms with van der Waals surface area (Å²) in [5, 5.41) is 7.03. The molecule has 0 radical (unpaired) electrons. The van der Waals surface area contributed by atoms with Crippen molar-refractivity contribution in [1.29, 1.82) is 0 Å². The first-order valence-electron chi connectivity index (χ1n) is 8.65. The maximum absolute atomic E-state index is 12.3. The van der Waals surface area contributed by atoms with Gasteiger partial charge in [-0.2, -0.15) is 0 Å². The molecular weight excluding hydrogens is 347 g/mol. The fourth-order valence-corrected chi connectivity index (χ4v) is 5.78. The lowest BCUT2D eigenvalue weighted by Crippen LogP contribution is -2.61. The molecule has 0 unspecified atom stereocenters. The van der Waals surface area contributed by atoms with Crippen LogP contribution in [0.15, 0.2) is 18.2 Å². The normalized spacial score (nSPS) is 33.3. The molecule has 2 N–H and O–H groups in total. The van der Waals surface area contributed by atoms with Crippen molar-refractivity contribution in [3.63, 3.8) is 0 Å². The molecule has 5 rings (SSSR count). The third-order valence-corrected chi connectivity index (χ3v) is 6.30. The molecule has 4 nitrogen and oxygen atoms in total. The highest BCUT2D eigenvalue weighted by molar-refractivity contribution is 6.35. The number of rotatable bonds is 4. The van der Waals surface area contributed by atoms with Crippen molar-refractivity contribution in [2.45, 2.75) is 44.1 Å². The Bertz CT molecular complexity index is 615. The topological polar surface area (TPSA) is 50.4 Å². The summed E-state index contributed by atoms with van der Waals surface area (Å²) in [6, 6.07) is 4.87. The van der Waals surface area contributed by atoms with Crippen LogP contribution in [0.5, 0.6) is 5.75 Å². The number of halogens is 2. The molecule has 0 saturated heterocycles. The highest BCUT2D eigenvalue weighted by atomic mass is 35.5. The van der Waals surface area contributed by atoms with Crippen molar-refractivity contribution in [1.82, 2.24) is 10.6 Å². The van der Waals surface area contributed by atoms with Gasteiger partial charge < -0.3 is 15.4 Å². The summed E-state index contributed by atoms with van der Waals surface area (Å²) in [7, 11) is 0. The van der Waals surface area contributed by atoms with Gasteiger partial charge in [0.05, 0.1) is 5.02 Å². The fraction of sp³-hybridized carbons (Fsp3) is 0.611. The van der Waals surface area contributed by atoms with Crippen molar-refractivity contribution >= 4 is 29.2 Å². The number of hydrogen-bond donors (Lipinski definition) is 2. The number of urea groups is 1. The lowest BCUT2D eigenvalue weighted by Gasteiger charge is -2.56. The third-order valence-electron chi connectivity index (χ3n) is 5.77. The standard InChI is InChI=1S/C18H22Cl2N2O2/c19-14-1-2-16(15(20)6-14)24-10-21-17(23)22-18-7-11-3-12(8-18)5-13(4-11)9-18/h1-2,6,11-13H,3-5,7-10H2,(H2,21,22,23). The first kappa shape index (κ1) is 16.3. The molecule has 130 valence electrons. The van der Waals surface area contributed by atoms with E-state index in [9.17, 15) is 4.79 Å². The van der Waals surface area contributed by atoms with Crippen LogP contribution >= 0.6 is 23.2 Å². The molecule has 1 aromatic carbocycles. The summed E-state index contributed by atoms with van der Waals surface area (Å²) < 4.78 is 5.52. The van der Waals surface area contributed by atoms with Crippen LogP contribution in [0.2, 0.25) is 10.0 Å². The van der Waals surface area contributed by atoms with Gasteiger partial charge in [0.25, 0.3) is 0 Å². The van der Waals surface area contributed by atoms with Crippen LogP contribution in [0, 0.1) is 17.8 Å². The zero-order valence-corrected chi connectivity index (χ0v) is 15.0. The van der Waals surface area contributed by atoms with Crippen LogP contribution in [0.3, 0.4) is 0 Å². The van der Waals surface area contributed by atoms with Crippen LogP contribution in [0.25, 0.3) is 0 Å². The van der Waals surface area contributed by atoms with Crippen LogP contribution in [-0.4, -0.2) is 18.3 Å². The Hall–Kier alpha value is -1.13. The Morgan fingerprint density at radius 1 is 1.12 bits per heavy atom. The number of benzene rings is 1. The first-order valence-corrected chi connectivity index (χ1v) is 9.41. The monoisotopic (exact) mass is 368 g/mol. The van der Waals surface area contributed by atoms with E-state index < -0.39 is 0 Å². The summed E-state index contributed by atoms with van der Waals surface area (Å²) in [5.41, 5.74) is 0.0107. The first-order chi connectivity index (χ1) is 11.5. The van der Waals surface area contributed by atoms with Crippen molar-refractivity contribution in [2.75, 3.05) is 6.73 Å². The zero-order valence-electron chi connectivity index (χ0n) is 13.5. The second-order valence-electron chi connectivity index (χ2n) is 7.69. The second-order valence-corrected chi connectivity index (χ2v) is 8.54. The number of nitrogens with one attached hydrogen (secondary N) is 2. The van der Waals surface area contributed by atoms with E-state index in [1.165, 1.54) is 19.3 Å². The number of carbonyl (C=O) groups excluding carboxylic acids is 1. The quantitative estimate of drug-likeness (QED) is 0.763. The van der Waals surface area contributed by atoms with Crippen LogP contribution in [0.4, 0.5) is 4.79 Å². The lowest BCUT2D eigenvalue weighted by molar-refractivity contribution is -0.0137. The minimum absolute atomic E-state index is 0.0107. The smallest absolute Gasteiger partial charge is 0.317 e. The Morgan fingerprint density at radius 2 is 1.75 bits per heavy atom. The molecule has 0 aromatic heterocycles. The van der Waals surface area contributed by atoms with E-state index in [2.05, 4.69) is 10.6 Å². The molecule has 4 aliphatic rings. The number of carbonyl (C=O) groups is 1. The number of amides is 2. The van der Waals surface area contributed by atoms with Gasteiger partial charge in [-0.15, -0.1) is 0 Å². The van der Waals surface area contributed by atoms with Crippen molar-refractivity contribution in [2.24, 2.45) is 17.8 Å². The molecule has 0 aliphatic heterocycles. The minimum atomic E-state index is -0.151. The highest BCUT2D eigenvalue weighted by Gasteiger charge is 2.51. The summed E-state index contributed by atoms with van der Waals surface area (Å²) in [4.78, 5) is 12.3. The molecule has 4 fully saturated rings. The van der Waals surface area contributed by atoms with Gasteiger partial charge in [-0.1, -0.05) is 23.2 Å². The molecule has 0 spiro atoms. The van der Waals surface area contributed by atoms with E-state index >= 15 is 0 Å². The summed E-state index contributed by atoms with van der Waals surface area (Å²) in [6.07, 6.45) is 7.49. The van der Waals surface area contributed by atoms with E-state index in [1.54, 1.807) is 18.2 Å². The molecule has 4 aliphatic carbocycles. The predicted molar refractivity (Wildman–Crippen MR) is 94.5 cm³/mol. The molecule has 2 amide bonds. The van der Waals surface area contributed by atoms with Gasteiger partial charge in [-0.05, 0) is 74.5 Å². The van der Waals surface area contributed by atoms with E-state index in [-0.39, 0.29) is 18.3 Å². The van der Waals surface area contributed by atoms with Gasteiger partial charge in [0.2, 0.25) is 0 Å². The molecular formula is C18H22Cl2N2O2. The Kier molecular flexibility index (Phi) is 4.29. The predicted octanol–water partition coefficient (Wildman–Crippen LogP) is 4.60. The van der Waals surface area contributed by atoms with Crippen molar-refractivity contribution in [3.05, 3.63) is 28.2 Å². The van der Waals surface area contributed by atoms with Gasteiger partial charge in [0.1, 0.15) is 5.75 Å². The average molecular weight is 369 g/mol.